The first-order valence-electron chi connectivity index (χ1n) is 12.1. The lowest BCUT2D eigenvalue weighted by Crippen LogP contribution is -2.35. The molecule has 2 aromatic carbocycles. The van der Waals surface area contributed by atoms with Gasteiger partial charge in [-0.15, -0.1) is 0 Å². The van der Waals surface area contributed by atoms with Gasteiger partial charge in [0.25, 0.3) is 0 Å². The molecule has 2 aliphatic heterocycles. The lowest BCUT2D eigenvalue weighted by Gasteiger charge is -2.32. The van der Waals surface area contributed by atoms with Gasteiger partial charge in [0.2, 0.25) is 5.91 Å². The Balaban J connectivity index is 0.000000509. The molecule has 8 nitrogen and oxygen atoms in total. The quantitative estimate of drug-likeness (QED) is 0.460. The maximum absolute atomic E-state index is 11.9. The smallest absolute Gasteiger partial charge is 0.414 e. The molecule has 1 amide bonds. The number of piperidine rings is 1. The highest BCUT2D eigenvalue weighted by atomic mass is 16.5. The van der Waals surface area contributed by atoms with Crippen molar-refractivity contribution >= 4 is 23.5 Å². The Morgan fingerprint density at radius 3 is 2.34 bits per heavy atom. The minimum absolute atomic E-state index is 0.185. The third kappa shape index (κ3) is 8.10. The molecular weight excluding hydrogens is 448 g/mol. The van der Waals surface area contributed by atoms with Crippen LogP contribution in [0.2, 0.25) is 0 Å². The largest absolute Gasteiger partial charge is 0.493 e. The van der Waals surface area contributed by atoms with Crippen LogP contribution in [-0.4, -0.2) is 66.2 Å². The molecule has 0 radical (unpaired) electrons. The molecule has 4 rings (SSSR count). The second kappa shape index (κ2) is 12.9. The van der Waals surface area contributed by atoms with Gasteiger partial charge in [-0.2, -0.15) is 0 Å². The molecule has 2 heterocycles. The van der Waals surface area contributed by atoms with Crippen molar-refractivity contribution in [3.8, 4) is 5.75 Å². The molecule has 0 unspecified atom stereocenters. The van der Waals surface area contributed by atoms with Crippen LogP contribution in [0.3, 0.4) is 0 Å². The van der Waals surface area contributed by atoms with Gasteiger partial charge in [0, 0.05) is 26.1 Å². The van der Waals surface area contributed by atoms with Crippen LogP contribution in [0.4, 0.5) is 5.69 Å². The van der Waals surface area contributed by atoms with Gasteiger partial charge in [0.05, 0.1) is 12.3 Å². The van der Waals surface area contributed by atoms with E-state index >= 15 is 0 Å². The third-order valence-electron chi connectivity index (χ3n) is 6.55. The molecule has 0 spiro atoms. The van der Waals surface area contributed by atoms with Gasteiger partial charge in [0.1, 0.15) is 5.75 Å². The maximum atomic E-state index is 11.9. The molecule has 0 saturated carbocycles. The number of benzene rings is 2. The number of anilines is 1. The predicted molar refractivity (Wildman–Crippen MR) is 133 cm³/mol. The van der Waals surface area contributed by atoms with E-state index in [2.05, 4.69) is 41.3 Å². The average Bonchev–Trinajstić information content (AvgIpc) is 2.86. The fourth-order valence-electron chi connectivity index (χ4n) is 4.54. The van der Waals surface area contributed by atoms with Crippen LogP contribution in [0.1, 0.15) is 36.8 Å². The van der Waals surface area contributed by atoms with Crippen LogP contribution in [0.15, 0.2) is 48.5 Å². The summed E-state index contributed by atoms with van der Waals surface area (Å²) in [4.78, 5) is 34.4. The first-order chi connectivity index (χ1) is 16.8. The number of aliphatic carboxylic acids is 2. The topological polar surface area (TPSA) is 107 Å². The number of carbonyl (C=O) groups is 3. The van der Waals surface area contributed by atoms with E-state index in [1.54, 1.807) is 4.90 Å². The van der Waals surface area contributed by atoms with Gasteiger partial charge in [0.15, 0.2) is 0 Å². The molecule has 1 saturated heterocycles. The van der Waals surface area contributed by atoms with Crippen molar-refractivity contribution in [2.24, 2.45) is 5.92 Å². The van der Waals surface area contributed by atoms with Crippen molar-refractivity contribution in [2.75, 3.05) is 38.2 Å². The molecule has 2 aromatic rings. The molecule has 188 valence electrons. The third-order valence-corrected chi connectivity index (χ3v) is 6.55. The number of nitrogens with zero attached hydrogens (tertiary/aromatic N) is 2. The summed E-state index contributed by atoms with van der Waals surface area (Å²) < 4.78 is 5.98. The van der Waals surface area contributed by atoms with Crippen molar-refractivity contribution in [1.29, 1.82) is 0 Å². The van der Waals surface area contributed by atoms with Gasteiger partial charge in [-0.05, 0) is 68.3 Å². The van der Waals surface area contributed by atoms with E-state index < -0.39 is 11.9 Å². The molecule has 0 atom stereocenters. The van der Waals surface area contributed by atoms with Crippen molar-refractivity contribution in [3.05, 3.63) is 59.7 Å². The summed E-state index contributed by atoms with van der Waals surface area (Å²) in [5, 5.41) is 14.8. The highest BCUT2D eigenvalue weighted by Crippen LogP contribution is 2.30. The lowest BCUT2D eigenvalue weighted by molar-refractivity contribution is -0.159. The number of aryl methyl sites for hydroxylation is 1. The van der Waals surface area contributed by atoms with Gasteiger partial charge in [-0.3, -0.25) is 4.79 Å². The normalized spacial score (nSPS) is 16.1. The van der Waals surface area contributed by atoms with Crippen LogP contribution < -0.4 is 9.64 Å². The molecule has 0 aromatic heterocycles. The zero-order valence-electron chi connectivity index (χ0n) is 20.2. The Labute approximate surface area is 206 Å². The fourth-order valence-corrected chi connectivity index (χ4v) is 4.54. The highest BCUT2D eigenvalue weighted by molar-refractivity contribution is 6.27. The summed E-state index contributed by atoms with van der Waals surface area (Å²) >= 11 is 0. The summed E-state index contributed by atoms with van der Waals surface area (Å²) in [7, 11) is 1.85. The molecule has 0 aliphatic carbocycles. The number of carboxylic acid groups (broad SMARTS) is 2. The summed E-state index contributed by atoms with van der Waals surface area (Å²) in [5.41, 5.74) is 3.70. The van der Waals surface area contributed by atoms with E-state index in [1.807, 2.05) is 19.2 Å². The van der Waals surface area contributed by atoms with Crippen LogP contribution in [0, 0.1) is 5.92 Å². The van der Waals surface area contributed by atoms with E-state index in [0.29, 0.717) is 6.42 Å². The van der Waals surface area contributed by atoms with Crippen molar-refractivity contribution < 1.29 is 29.3 Å². The number of hydrogen-bond acceptors (Lipinski definition) is 5. The fraction of sp³-hybridized carbons (Fsp3) is 0.444. The van der Waals surface area contributed by atoms with Gasteiger partial charge in [-0.25, -0.2) is 9.59 Å². The molecular formula is C27H34N2O6. The molecule has 0 bridgehead atoms. The zero-order valence-corrected chi connectivity index (χ0v) is 20.2. The number of ether oxygens (including phenoxy) is 1. The highest BCUT2D eigenvalue weighted by Gasteiger charge is 2.21. The van der Waals surface area contributed by atoms with Crippen molar-refractivity contribution in [2.45, 2.75) is 38.5 Å². The van der Waals surface area contributed by atoms with E-state index in [9.17, 15) is 4.79 Å². The molecule has 2 N–H and O–H groups in total. The number of rotatable bonds is 7. The Morgan fingerprint density at radius 1 is 1.00 bits per heavy atom. The summed E-state index contributed by atoms with van der Waals surface area (Å²) in [5.74, 6) is -1.78. The Bertz CT molecular complexity index is 990. The average molecular weight is 483 g/mol. The van der Waals surface area contributed by atoms with Crippen LogP contribution >= 0.6 is 0 Å². The minimum atomic E-state index is -1.82. The summed E-state index contributed by atoms with van der Waals surface area (Å²) in [6, 6.07) is 17.0. The van der Waals surface area contributed by atoms with Crippen LogP contribution in [0.25, 0.3) is 0 Å². The zero-order chi connectivity index (χ0) is 25.2. The van der Waals surface area contributed by atoms with E-state index in [-0.39, 0.29) is 5.91 Å². The molecule has 35 heavy (non-hydrogen) atoms. The second-order valence-corrected chi connectivity index (χ2v) is 9.03. The first-order valence-corrected chi connectivity index (χ1v) is 12.1. The minimum Gasteiger partial charge on any atom is -0.493 e. The Kier molecular flexibility index (Phi) is 9.66. The van der Waals surface area contributed by atoms with E-state index in [4.69, 9.17) is 24.5 Å². The summed E-state index contributed by atoms with van der Waals surface area (Å²) in [6.07, 6.45) is 6.27. The number of fused-ring (bicyclic) bond motifs is 1. The number of hydrogen-bond donors (Lipinski definition) is 2. The van der Waals surface area contributed by atoms with Crippen molar-refractivity contribution in [1.82, 2.24) is 4.90 Å². The molecule has 1 fully saturated rings. The monoisotopic (exact) mass is 482 g/mol. The summed E-state index contributed by atoms with van der Waals surface area (Å²) in [6.45, 7) is 4.22. The number of carboxylic acids is 2. The molecule has 8 heteroatoms. The van der Waals surface area contributed by atoms with E-state index in [1.165, 1.54) is 43.5 Å². The number of likely N-dealkylation sites (tertiary alicyclic amines) is 1. The van der Waals surface area contributed by atoms with E-state index in [0.717, 1.165) is 43.3 Å². The number of carbonyl (C=O) groups excluding carboxylic acids is 1. The molecule has 2 aliphatic rings. The Morgan fingerprint density at radius 2 is 1.69 bits per heavy atom. The lowest BCUT2D eigenvalue weighted by atomic mass is 9.90. The predicted octanol–water partition coefficient (Wildman–Crippen LogP) is 3.47. The maximum Gasteiger partial charge on any atom is 0.414 e. The SMILES string of the molecule is CN1C(=O)CCc2ccc(OCCCN3CCC(Cc4ccccc4)CC3)cc21.O=C(O)C(=O)O. The second-order valence-electron chi connectivity index (χ2n) is 9.03. The van der Waals surface area contributed by atoms with Crippen molar-refractivity contribution in [3.63, 3.8) is 0 Å². The Hall–Kier alpha value is -3.39. The van der Waals surface area contributed by atoms with Gasteiger partial charge in [-0.1, -0.05) is 36.4 Å². The van der Waals surface area contributed by atoms with Gasteiger partial charge >= 0.3 is 11.9 Å². The standard InChI is InChI=1S/C25H32N2O2.C2H2O4/c1-26-24-19-23(10-8-22(24)9-11-25(26)28)29-17-5-14-27-15-12-21(13-16-27)18-20-6-3-2-4-7-20;3-1(4)2(5)6/h2-4,6-8,10,19,21H,5,9,11-18H2,1H3;(H,3,4)(H,5,6). The van der Waals surface area contributed by atoms with Gasteiger partial charge < -0.3 is 24.7 Å². The van der Waals surface area contributed by atoms with Crippen LogP contribution in [0.5, 0.6) is 5.75 Å². The first kappa shape index (κ1) is 26.2. The number of amides is 1. The van der Waals surface area contributed by atoms with Crippen LogP contribution in [-0.2, 0) is 27.2 Å².